The van der Waals surface area contributed by atoms with Gasteiger partial charge < -0.3 is 9.72 Å². The summed E-state index contributed by atoms with van der Waals surface area (Å²) in [5.41, 5.74) is 1.73. The second-order valence-corrected chi connectivity index (χ2v) is 7.11. The lowest BCUT2D eigenvalue weighted by atomic mass is 10.2. The van der Waals surface area contributed by atoms with Crippen LogP contribution >= 0.6 is 10.7 Å². The minimum absolute atomic E-state index is 0.0596. The molecule has 21 heavy (non-hydrogen) atoms. The number of halogens is 1. The van der Waals surface area contributed by atoms with Gasteiger partial charge in [0.15, 0.2) is 0 Å². The molecule has 0 unspecified atom stereocenters. The molecule has 3 rings (SSSR count). The number of H-pyrrole nitrogens is 1. The highest BCUT2D eigenvalue weighted by Crippen LogP contribution is 2.29. The van der Waals surface area contributed by atoms with E-state index in [4.69, 9.17) is 15.4 Å². The average molecular weight is 322 g/mol. The molecule has 0 amide bonds. The Morgan fingerprint density at radius 3 is 2.57 bits per heavy atom. The van der Waals surface area contributed by atoms with E-state index in [1.165, 1.54) is 6.20 Å². The Bertz CT molecular complexity index is 872. The molecule has 2 aromatic carbocycles. The predicted molar refractivity (Wildman–Crippen MR) is 82.1 cm³/mol. The van der Waals surface area contributed by atoms with Crippen molar-refractivity contribution < 1.29 is 13.2 Å². The Morgan fingerprint density at radius 2 is 1.86 bits per heavy atom. The predicted octanol–water partition coefficient (Wildman–Crippen LogP) is 3.67. The minimum atomic E-state index is -3.78. The number of ether oxygens (including phenoxy) is 1. The maximum absolute atomic E-state index is 11.5. The van der Waals surface area contributed by atoms with Crippen LogP contribution in [0.5, 0.6) is 5.75 Å². The molecule has 0 aliphatic carbocycles. The fourth-order valence-corrected chi connectivity index (χ4v) is 3.12. The second-order valence-electron chi connectivity index (χ2n) is 4.57. The van der Waals surface area contributed by atoms with Crippen molar-refractivity contribution in [3.63, 3.8) is 0 Å². The fraction of sp³-hybridized carbons (Fsp3) is 0.0667. The van der Waals surface area contributed by atoms with Crippen LogP contribution < -0.4 is 4.74 Å². The molecule has 3 aromatic rings. The molecular weight excluding hydrogens is 310 g/mol. The molecule has 0 bridgehead atoms. The molecule has 108 valence electrons. The van der Waals surface area contributed by atoms with Crippen molar-refractivity contribution in [2.75, 3.05) is 0 Å². The van der Waals surface area contributed by atoms with Crippen LogP contribution in [0.25, 0.3) is 10.9 Å². The summed E-state index contributed by atoms with van der Waals surface area (Å²) in [6.45, 7) is 0.416. The van der Waals surface area contributed by atoms with Crippen LogP contribution in [0.2, 0.25) is 0 Å². The topological polar surface area (TPSA) is 59.2 Å². The van der Waals surface area contributed by atoms with E-state index in [0.717, 1.165) is 5.56 Å². The van der Waals surface area contributed by atoms with Gasteiger partial charge in [-0.05, 0) is 23.8 Å². The molecule has 1 aromatic heterocycles. The maximum Gasteiger partial charge on any atom is 0.263 e. The molecule has 0 atom stereocenters. The van der Waals surface area contributed by atoms with E-state index in [9.17, 15) is 8.42 Å². The van der Waals surface area contributed by atoms with Crippen molar-refractivity contribution >= 4 is 30.6 Å². The largest absolute Gasteiger partial charge is 0.489 e. The first-order chi connectivity index (χ1) is 10.0. The van der Waals surface area contributed by atoms with Gasteiger partial charge in [-0.15, -0.1) is 0 Å². The third kappa shape index (κ3) is 3.04. The van der Waals surface area contributed by atoms with Crippen LogP contribution in [-0.2, 0) is 15.7 Å². The van der Waals surface area contributed by atoms with Gasteiger partial charge in [0.05, 0.1) is 0 Å². The quantitative estimate of drug-likeness (QED) is 0.746. The van der Waals surface area contributed by atoms with Crippen LogP contribution in [0.4, 0.5) is 0 Å². The molecule has 4 nitrogen and oxygen atoms in total. The normalized spacial score (nSPS) is 11.7. The highest BCUT2D eigenvalue weighted by molar-refractivity contribution is 8.14. The molecule has 6 heteroatoms. The summed E-state index contributed by atoms with van der Waals surface area (Å²) < 4.78 is 28.7. The van der Waals surface area contributed by atoms with Gasteiger partial charge in [0.1, 0.15) is 17.3 Å². The van der Waals surface area contributed by atoms with Gasteiger partial charge in [0.2, 0.25) is 0 Å². The third-order valence-corrected chi connectivity index (χ3v) is 4.49. The number of aromatic nitrogens is 1. The minimum Gasteiger partial charge on any atom is -0.489 e. The van der Waals surface area contributed by atoms with Gasteiger partial charge in [0, 0.05) is 27.8 Å². The molecule has 1 N–H and O–H groups in total. The van der Waals surface area contributed by atoms with E-state index in [-0.39, 0.29) is 4.90 Å². The lowest BCUT2D eigenvalue weighted by Crippen LogP contribution is -1.95. The molecule has 0 aliphatic rings. The van der Waals surface area contributed by atoms with E-state index in [2.05, 4.69) is 4.98 Å². The van der Waals surface area contributed by atoms with Crippen LogP contribution in [0.3, 0.4) is 0 Å². The number of aromatic amines is 1. The Labute approximate surface area is 126 Å². The zero-order valence-electron chi connectivity index (χ0n) is 10.9. The Balaban J connectivity index is 1.90. The lowest BCUT2D eigenvalue weighted by molar-refractivity contribution is 0.306. The monoisotopic (exact) mass is 321 g/mol. The molecule has 0 radical (unpaired) electrons. The van der Waals surface area contributed by atoms with Gasteiger partial charge in [0.25, 0.3) is 9.05 Å². The van der Waals surface area contributed by atoms with Crippen molar-refractivity contribution in [1.82, 2.24) is 4.98 Å². The number of rotatable bonds is 4. The van der Waals surface area contributed by atoms with Crippen LogP contribution in [-0.4, -0.2) is 13.4 Å². The average Bonchev–Trinajstić information content (AvgIpc) is 2.89. The molecule has 0 spiro atoms. The first kappa shape index (κ1) is 14.0. The summed E-state index contributed by atoms with van der Waals surface area (Å²) in [6.07, 6.45) is 1.38. The van der Waals surface area contributed by atoms with Gasteiger partial charge in [-0.3, -0.25) is 0 Å². The number of hydrogen-bond donors (Lipinski definition) is 1. The zero-order valence-corrected chi connectivity index (χ0v) is 12.5. The summed E-state index contributed by atoms with van der Waals surface area (Å²) in [5.74, 6) is 0.590. The van der Waals surface area contributed by atoms with E-state index in [1.807, 2.05) is 30.3 Å². The molecular formula is C15H12ClNO3S. The smallest absolute Gasteiger partial charge is 0.263 e. The van der Waals surface area contributed by atoms with E-state index in [1.54, 1.807) is 18.2 Å². The molecule has 1 heterocycles. The highest BCUT2D eigenvalue weighted by atomic mass is 35.7. The molecule has 0 saturated carbocycles. The standard InChI is InChI=1S/C15H12ClNO3S/c16-21(18,19)15-9-17-14-7-6-12(8-13(14)15)20-10-11-4-2-1-3-5-11/h1-9,17H,10H2. The van der Waals surface area contributed by atoms with Gasteiger partial charge >= 0.3 is 0 Å². The number of hydrogen-bond acceptors (Lipinski definition) is 3. The number of benzene rings is 2. The second kappa shape index (κ2) is 5.42. The Kier molecular flexibility index (Phi) is 3.61. The van der Waals surface area contributed by atoms with Crippen molar-refractivity contribution in [1.29, 1.82) is 0 Å². The fourth-order valence-electron chi connectivity index (χ4n) is 2.11. The van der Waals surface area contributed by atoms with E-state index >= 15 is 0 Å². The first-order valence-corrected chi connectivity index (χ1v) is 8.57. The number of nitrogens with one attached hydrogen (secondary N) is 1. The summed E-state index contributed by atoms with van der Waals surface area (Å²) in [4.78, 5) is 2.94. The van der Waals surface area contributed by atoms with Crippen molar-refractivity contribution in [3.05, 3.63) is 60.3 Å². The summed E-state index contributed by atoms with van der Waals surface area (Å²) in [5, 5.41) is 0.524. The van der Waals surface area contributed by atoms with E-state index < -0.39 is 9.05 Å². The van der Waals surface area contributed by atoms with Crippen LogP contribution in [0, 0.1) is 0 Å². The Hall–Kier alpha value is -1.98. The zero-order chi connectivity index (χ0) is 14.9. The molecule has 0 saturated heterocycles. The summed E-state index contributed by atoms with van der Waals surface area (Å²) in [6, 6.07) is 15.0. The molecule has 0 fully saturated rings. The van der Waals surface area contributed by atoms with Crippen molar-refractivity contribution in [2.45, 2.75) is 11.5 Å². The summed E-state index contributed by atoms with van der Waals surface area (Å²) >= 11 is 0. The first-order valence-electron chi connectivity index (χ1n) is 6.26. The van der Waals surface area contributed by atoms with Gasteiger partial charge in [-0.1, -0.05) is 30.3 Å². The SMILES string of the molecule is O=S(=O)(Cl)c1c[nH]c2ccc(OCc3ccccc3)cc12. The number of fused-ring (bicyclic) bond motifs is 1. The van der Waals surface area contributed by atoms with E-state index in [0.29, 0.717) is 23.3 Å². The summed E-state index contributed by atoms with van der Waals surface area (Å²) in [7, 11) is 1.63. The third-order valence-electron chi connectivity index (χ3n) is 3.13. The van der Waals surface area contributed by atoms with Crippen LogP contribution in [0.15, 0.2) is 59.6 Å². The van der Waals surface area contributed by atoms with Gasteiger partial charge in [-0.25, -0.2) is 8.42 Å². The van der Waals surface area contributed by atoms with Crippen molar-refractivity contribution in [3.8, 4) is 5.75 Å². The Morgan fingerprint density at radius 1 is 1.10 bits per heavy atom. The maximum atomic E-state index is 11.5. The molecule has 0 aliphatic heterocycles. The highest BCUT2D eigenvalue weighted by Gasteiger charge is 2.16. The lowest BCUT2D eigenvalue weighted by Gasteiger charge is -2.06. The van der Waals surface area contributed by atoms with Crippen molar-refractivity contribution in [2.24, 2.45) is 0 Å². The van der Waals surface area contributed by atoms with Crippen LogP contribution in [0.1, 0.15) is 5.56 Å². The van der Waals surface area contributed by atoms with Gasteiger partial charge in [-0.2, -0.15) is 0 Å².